The Morgan fingerprint density at radius 3 is 2.74 bits per heavy atom. The maximum atomic E-state index is 11.4. The lowest BCUT2D eigenvalue weighted by atomic mass is 10.1. The zero-order valence-electron chi connectivity index (χ0n) is 12.7. The van der Waals surface area contributed by atoms with Crippen LogP contribution < -0.4 is 4.18 Å². The van der Waals surface area contributed by atoms with E-state index in [4.69, 9.17) is 4.18 Å². The monoisotopic (exact) mass is 345 g/mol. The second-order valence-electron chi connectivity index (χ2n) is 5.64. The molecular formula is C17H15NO3S2. The molecule has 1 aliphatic rings. The standard InChI is InChI=1S/C17H15NO3S2/c1-18-15-8-7-11(21-23(2,19)20)9-13(15)14-10-22-16-6-4-3-5-12(16)17(14)18/h3-9H,10H2,1-2H3. The second kappa shape index (κ2) is 5.04. The molecule has 118 valence electrons. The number of rotatable bonds is 2. The summed E-state index contributed by atoms with van der Waals surface area (Å²) < 4.78 is 29.9. The van der Waals surface area contributed by atoms with Crippen molar-refractivity contribution < 1.29 is 12.6 Å². The average Bonchev–Trinajstić information content (AvgIpc) is 2.79. The number of aromatic nitrogens is 1. The molecule has 6 heteroatoms. The van der Waals surface area contributed by atoms with Crippen LogP contribution in [0.4, 0.5) is 0 Å². The summed E-state index contributed by atoms with van der Waals surface area (Å²) in [5.41, 5.74) is 4.73. The third kappa shape index (κ3) is 2.42. The van der Waals surface area contributed by atoms with Crippen LogP contribution in [0.3, 0.4) is 0 Å². The minimum absolute atomic E-state index is 0.359. The Morgan fingerprint density at radius 2 is 1.96 bits per heavy atom. The lowest BCUT2D eigenvalue weighted by Gasteiger charge is -2.17. The van der Waals surface area contributed by atoms with Crippen molar-refractivity contribution in [1.82, 2.24) is 4.57 Å². The normalized spacial score (nSPS) is 13.7. The quantitative estimate of drug-likeness (QED) is 0.663. The summed E-state index contributed by atoms with van der Waals surface area (Å²) in [5, 5.41) is 1.05. The van der Waals surface area contributed by atoms with Gasteiger partial charge in [-0.2, -0.15) is 8.42 Å². The first-order chi connectivity index (χ1) is 10.9. The first kappa shape index (κ1) is 14.7. The van der Waals surface area contributed by atoms with E-state index < -0.39 is 10.1 Å². The Bertz CT molecular complexity index is 1040. The molecule has 3 aromatic rings. The zero-order valence-corrected chi connectivity index (χ0v) is 14.4. The molecule has 4 rings (SSSR count). The predicted octanol–water partition coefficient (Wildman–Crippen LogP) is 3.79. The first-order valence-corrected chi connectivity index (χ1v) is 9.97. The van der Waals surface area contributed by atoms with Crippen LogP contribution in [0.2, 0.25) is 0 Å². The fourth-order valence-electron chi connectivity index (χ4n) is 3.15. The van der Waals surface area contributed by atoms with Crippen LogP contribution in [0.5, 0.6) is 5.75 Å². The number of aryl methyl sites for hydroxylation is 1. The average molecular weight is 345 g/mol. The Kier molecular flexibility index (Phi) is 3.21. The van der Waals surface area contributed by atoms with Crippen LogP contribution in [-0.2, 0) is 22.9 Å². The molecule has 2 aromatic carbocycles. The van der Waals surface area contributed by atoms with Gasteiger partial charge in [-0.05, 0) is 29.8 Å². The number of nitrogens with zero attached hydrogens (tertiary/aromatic N) is 1. The highest BCUT2D eigenvalue weighted by Crippen LogP contribution is 2.45. The molecule has 2 heterocycles. The Hall–Kier alpha value is -1.92. The van der Waals surface area contributed by atoms with Crippen molar-refractivity contribution in [2.75, 3.05) is 6.26 Å². The van der Waals surface area contributed by atoms with Crippen LogP contribution in [-0.4, -0.2) is 19.2 Å². The van der Waals surface area contributed by atoms with Gasteiger partial charge in [0.05, 0.1) is 11.9 Å². The van der Waals surface area contributed by atoms with Crippen LogP contribution >= 0.6 is 11.8 Å². The van der Waals surface area contributed by atoms with Gasteiger partial charge in [0.1, 0.15) is 5.75 Å². The van der Waals surface area contributed by atoms with Crippen molar-refractivity contribution in [2.45, 2.75) is 10.6 Å². The summed E-state index contributed by atoms with van der Waals surface area (Å²) >= 11 is 1.81. The van der Waals surface area contributed by atoms with Gasteiger partial charge in [0, 0.05) is 34.2 Å². The minimum Gasteiger partial charge on any atom is -0.383 e. The van der Waals surface area contributed by atoms with E-state index in [-0.39, 0.29) is 0 Å². The third-order valence-corrected chi connectivity index (χ3v) is 5.63. The SMILES string of the molecule is Cn1c2c(c3cc(OS(C)(=O)=O)ccc31)CSc1ccccc1-2. The summed E-state index contributed by atoms with van der Waals surface area (Å²) in [6.45, 7) is 0. The molecule has 0 bridgehead atoms. The first-order valence-electron chi connectivity index (χ1n) is 7.17. The van der Waals surface area contributed by atoms with Crippen molar-refractivity contribution in [3.63, 3.8) is 0 Å². The van der Waals surface area contributed by atoms with E-state index in [1.165, 1.54) is 21.7 Å². The largest absolute Gasteiger partial charge is 0.383 e. The number of hydrogen-bond acceptors (Lipinski definition) is 4. The van der Waals surface area contributed by atoms with Gasteiger partial charge in [-0.25, -0.2) is 0 Å². The topological polar surface area (TPSA) is 48.3 Å². The number of thioether (sulfide) groups is 1. The molecule has 0 unspecified atom stereocenters. The van der Waals surface area contributed by atoms with E-state index in [0.717, 1.165) is 22.9 Å². The van der Waals surface area contributed by atoms with Gasteiger partial charge in [-0.15, -0.1) is 11.8 Å². The van der Waals surface area contributed by atoms with Crippen LogP contribution in [0, 0.1) is 0 Å². The Labute approximate surface area is 139 Å². The molecule has 0 atom stereocenters. The van der Waals surface area contributed by atoms with Crippen LogP contribution in [0.15, 0.2) is 47.4 Å². The van der Waals surface area contributed by atoms with Crippen molar-refractivity contribution in [3.8, 4) is 17.0 Å². The third-order valence-electron chi connectivity index (χ3n) is 4.04. The lowest BCUT2D eigenvalue weighted by Crippen LogP contribution is -2.05. The van der Waals surface area contributed by atoms with Gasteiger partial charge in [0.25, 0.3) is 0 Å². The van der Waals surface area contributed by atoms with Crippen molar-refractivity contribution in [2.24, 2.45) is 7.05 Å². The van der Waals surface area contributed by atoms with E-state index in [1.807, 2.05) is 25.2 Å². The lowest BCUT2D eigenvalue weighted by molar-refractivity contribution is 0.493. The van der Waals surface area contributed by atoms with E-state index in [1.54, 1.807) is 17.8 Å². The summed E-state index contributed by atoms with van der Waals surface area (Å²) in [6, 6.07) is 13.8. The van der Waals surface area contributed by atoms with Crippen molar-refractivity contribution in [3.05, 3.63) is 48.0 Å². The molecule has 23 heavy (non-hydrogen) atoms. The minimum atomic E-state index is -3.52. The zero-order chi connectivity index (χ0) is 16.2. The molecule has 4 nitrogen and oxygen atoms in total. The smallest absolute Gasteiger partial charge is 0.306 e. The van der Waals surface area contributed by atoms with Crippen molar-refractivity contribution in [1.29, 1.82) is 0 Å². The second-order valence-corrected chi connectivity index (χ2v) is 8.23. The van der Waals surface area contributed by atoms with Gasteiger partial charge in [0.2, 0.25) is 0 Å². The maximum absolute atomic E-state index is 11.4. The molecule has 0 saturated carbocycles. The van der Waals surface area contributed by atoms with Gasteiger partial charge in [-0.1, -0.05) is 18.2 Å². The fraction of sp³-hybridized carbons (Fsp3) is 0.176. The molecule has 1 aliphatic heterocycles. The number of fused-ring (bicyclic) bond motifs is 5. The molecule has 0 aliphatic carbocycles. The maximum Gasteiger partial charge on any atom is 0.306 e. The summed E-state index contributed by atoms with van der Waals surface area (Å²) in [5.74, 6) is 1.23. The van der Waals surface area contributed by atoms with Crippen LogP contribution in [0.25, 0.3) is 22.2 Å². The van der Waals surface area contributed by atoms with Crippen LogP contribution in [0.1, 0.15) is 5.56 Å². The van der Waals surface area contributed by atoms with E-state index >= 15 is 0 Å². The molecule has 1 aromatic heterocycles. The van der Waals surface area contributed by atoms with Gasteiger partial charge in [0.15, 0.2) is 0 Å². The molecule has 0 spiro atoms. The van der Waals surface area contributed by atoms with E-state index in [9.17, 15) is 8.42 Å². The van der Waals surface area contributed by atoms with Gasteiger partial charge in [-0.3, -0.25) is 0 Å². The Morgan fingerprint density at radius 1 is 1.17 bits per heavy atom. The molecular weight excluding hydrogens is 330 g/mol. The summed E-state index contributed by atoms with van der Waals surface area (Å²) in [7, 11) is -1.47. The highest BCUT2D eigenvalue weighted by atomic mass is 32.2. The Balaban J connectivity index is 1.97. The fourth-order valence-corrected chi connectivity index (χ4v) is 4.69. The highest BCUT2D eigenvalue weighted by molar-refractivity contribution is 7.98. The van der Waals surface area contributed by atoms with Gasteiger partial charge < -0.3 is 8.75 Å². The molecule has 0 N–H and O–H groups in total. The molecule has 0 saturated heterocycles. The van der Waals surface area contributed by atoms with E-state index in [0.29, 0.717) is 5.75 Å². The van der Waals surface area contributed by atoms with Crippen molar-refractivity contribution >= 4 is 32.8 Å². The molecule has 0 amide bonds. The summed E-state index contributed by atoms with van der Waals surface area (Å²) in [6.07, 6.45) is 1.06. The molecule has 0 radical (unpaired) electrons. The van der Waals surface area contributed by atoms with E-state index in [2.05, 4.69) is 22.8 Å². The predicted molar refractivity (Wildman–Crippen MR) is 93.4 cm³/mol. The van der Waals surface area contributed by atoms with Gasteiger partial charge >= 0.3 is 10.1 Å². The number of hydrogen-bond donors (Lipinski definition) is 0. The molecule has 0 fully saturated rings. The number of benzene rings is 2. The summed E-state index contributed by atoms with van der Waals surface area (Å²) in [4.78, 5) is 1.28. The highest BCUT2D eigenvalue weighted by Gasteiger charge is 2.23.